The molecule has 0 bridgehead atoms. The molecule has 162 valence electrons. The molecule has 1 amide bonds. The Hall–Kier alpha value is -1.61. The van der Waals surface area contributed by atoms with E-state index in [2.05, 4.69) is 21.5 Å². The number of aromatic nitrogens is 4. The van der Waals surface area contributed by atoms with Crippen LogP contribution in [0.3, 0.4) is 0 Å². The summed E-state index contributed by atoms with van der Waals surface area (Å²) in [6, 6.07) is 2.11. The van der Waals surface area contributed by atoms with E-state index in [4.69, 9.17) is 0 Å². The second-order valence-corrected chi connectivity index (χ2v) is 7.59. The number of aryl methyl sites for hydroxylation is 2. The van der Waals surface area contributed by atoms with Crippen LogP contribution in [0.25, 0.3) is 0 Å². The highest BCUT2D eigenvalue weighted by Gasteiger charge is 2.30. The Morgan fingerprint density at radius 1 is 1.31 bits per heavy atom. The van der Waals surface area contributed by atoms with Crippen molar-refractivity contribution >= 4 is 30.7 Å². The third-order valence-electron chi connectivity index (χ3n) is 5.78. The molecule has 0 aliphatic carbocycles. The van der Waals surface area contributed by atoms with Crippen LogP contribution in [0.15, 0.2) is 18.5 Å². The third-order valence-corrected chi connectivity index (χ3v) is 5.78. The van der Waals surface area contributed by atoms with Gasteiger partial charge in [-0.15, -0.1) is 24.8 Å². The number of likely N-dealkylation sites (tertiary alicyclic amines) is 1. The lowest BCUT2D eigenvalue weighted by Crippen LogP contribution is -2.40. The van der Waals surface area contributed by atoms with Crippen molar-refractivity contribution in [3.05, 3.63) is 35.7 Å². The number of hydrogen-bond acceptors (Lipinski definition) is 5. The lowest BCUT2D eigenvalue weighted by atomic mass is 9.90. The van der Waals surface area contributed by atoms with Crippen molar-refractivity contribution in [2.24, 2.45) is 13.0 Å². The zero-order valence-electron chi connectivity index (χ0n) is 16.7. The third kappa shape index (κ3) is 5.31. The van der Waals surface area contributed by atoms with Gasteiger partial charge in [0, 0.05) is 58.5 Å². The van der Waals surface area contributed by atoms with E-state index in [0.29, 0.717) is 31.8 Å². The molecule has 1 unspecified atom stereocenters. The van der Waals surface area contributed by atoms with Gasteiger partial charge >= 0.3 is 0 Å². The molecule has 2 N–H and O–H groups in total. The minimum atomic E-state index is -0.562. The fraction of sp³-hybridized carbons (Fsp3) is 0.632. The molecule has 29 heavy (non-hydrogen) atoms. The fourth-order valence-corrected chi connectivity index (χ4v) is 4.11. The normalized spacial score (nSPS) is 17.8. The van der Waals surface area contributed by atoms with E-state index >= 15 is 0 Å². The number of imidazole rings is 1. The van der Waals surface area contributed by atoms with E-state index in [9.17, 15) is 9.90 Å². The maximum absolute atomic E-state index is 12.6. The van der Waals surface area contributed by atoms with Crippen molar-refractivity contribution in [2.75, 3.05) is 19.6 Å². The summed E-state index contributed by atoms with van der Waals surface area (Å²) in [5.41, 5.74) is 2.20. The van der Waals surface area contributed by atoms with Crippen LogP contribution in [0, 0.1) is 5.92 Å². The van der Waals surface area contributed by atoms with E-state index in [-0.39, 0.29) is 36.6 Å². The molecule has 0 spiro atoms. The van der Waals surface area contributed by atoms with Crippen LogP contribution in [-0.4, -0.2) is 54.9 Å². The molecule has 4 heterocycles. The number of halogens is 2. The molecular weight excluding hydrogens is 415 g/mol. The Labute approximate surface area is 183 Å². The van der Waals surface area contributed by atoms with Crippen molar-refractivity contribution in [3.8, 4) is 0 Å². The smallest absolute Gasteiger partial charge is 0.222 e. The predicted molar refractivity (Wildman–Crippen MR) is 114 cm³/mol. The van der Waals surface area contributed by atoms with Crippen LogP contribution in [0.1, 0.15) is 42.6 Å². The van der Waals surface area contributed by atoms with Gasteiger partial charge in [0.15, 0.2) is 0 Å². The van der Waals surface area contributed by atoms with Crippen LogP contribution in [0.5, 0.6) is 0 Å². The standard InChI is InChI=1S/C19H28N6O2.2ClH/c1-23-10-7-21-19(23)18(27)14-4-8-24(9-5-14)17(26)3-2-15-12-16-13-20-6-11-25(16)22-15;;/h7,10,12,14,18,20,27H,2-6,8-9,11,13H2,1H3;2*1H. The van der Waals surface area contributed by atoms with Crippen molar-refractivity contribution in [2.45, 2.75) is 44.9 Å². The van der Waals surface area contributed by atoms with Gasteiger partial charge in [0.2, 0.25) is 5.91 Å². The van der Waals surface area contributed by atoms with E-state index < -0.39 is 6.10 Å². The lowest BCUT2D eigenvalue weighted by Gasteiger charge is -2.34. The number of fused-ring (bicyclic) bond motifs is 1. The first kappa shape index (κ1) is 23.7. The molecule has 2 aromatic heterocycles. The number of carbonyl (C=O) groups is 1. The first-order chi connectivity index (χ1) is 13.1. The maximum Gasteiger partial charge on any atom is 0.222 e. The monoisotopic (exact) mass is 444 g/mol. The van der Waals surface area contributed by atoms with Gasteiger partial charge in [0.25, 0.3) is 0 Å². The molecule has 2 aromatic rings. The lowest BCUT2D eigenvalue weighted by molar-refractivity contribution is -0.133. The number of nitrogens with zero attached hydrogens (tertiary/aromatic N) is 5. The van der Waals surface area contributed by atoms with Crippen molar-refractivity contribution in [3.63, 3.8) is 0 Å². The fourth-order valence-electron chi connectivity index (χ4n) is 4.11. The zero-order chi connectivity index (χ0) is 18.8. The molecule has 0 saturated carbocycles. The molecule has 1 atom stereocenters. The van der Waals surface area contributed by atoms with Gasteiger partial charge in [-0.05, 0) is 24.8 Å². The van der Waals surface area contributed by atoms with Crippen molar-refractivity contribution < 1.29 is 9.90 Å². The van der Waals surface area contributed by atoms with E-state index in [1.165, 1.54) is 5.69 Å². The summed E-state index contributed by atoms with van der Waals surface area (Å²) in [4.78, 5) is 18.8. The highest BCUT2D eigenvalue weighted by Crippen LogP contribution is 2.30. The van der Waals surface area contributed by atoms with Crippen molar-refractivity contribution in [1.82, 2.24) is 29.5 Å². The SMILES string of the molecule is Cl.Cl.Cn1ccnc1C(O)C1CCN(C(=O)CCc2cc3n(n2)CCNC3)CC1. The van der Waals surface area contributed by atoms with Gasteiger partial charge in [-0.2, -0.15) is 5.10 Å². The quantitative estimate of drug-likeness (QED) is 0.728. The van der Waals surface area contributed by atoms with E-state index in [0.717, 1.165) is 38.2 Å². The second kappa shape index (κ2) is 10.4. The summed E-state index contributed by atoms with van der Waals surface area (Å²) in [7, 11) is 1.90. The summed E-state index contributed by atoms with van der Waals surface area (Å²) in [5, 5.41) is 18.5. The molecule has 2 aliphatic rings. The number of aliphatic hydroxyl groups excluding tert-OH is 1. The predicted octanol–water partition coefficient (Wildman–Crippen LogP) is 1.47. The summed E-state index contributed by atoms with van der Waals surface area (Å²) in [6.45, 7) is 4.11. The van der Waals surface area contributed by atoms with Gasteiger partial charge in [-0.3, -0.25) is 9.48 Å². The van der Waals surface area contributed by atoms with Gasteiger partial charge in [-0.1, -0.05) is 0 Å². The first-order valence-corrected chi connectivity index (χ1v) is 9.81. The topological polar surface area (TPSA) is 88.2 Å². The van der Waals surface area contributed by atoms with E-state index in [1.54, 1.807) is 6.20 Å². The Bertz CT molecular complexity index is 777. The largest absolute Gasteiger partial charge is 0.385 e. The minimum absolute atomic E-state index is 0. The maximum atomic E-state index is 12.6. The van der Waals surface area contributed by atoms with Crippen LogP contribution < -0.4 is 5.32 Å². The van der Waals surface area contributed by atoms with Crippen LogP contribution >= 0.6 is 24.8 Å². The number of amides is 1. The highest BCUT2D eigenvalue weighted by molar-refractivity contribution is 5.85. The number of piperidine rings is 1. The number of nitrogens with one attached hydrogen (secondary N) is 1. The van der Waals surface area contributed by atoms with Crippen LogP contribution in [0.4, 0.5) is 0 Å². The summed E-state index contributed by atoms with van der Waals surface area (Å²) in [6.07, 6.45) is 5.80. The van der Waals surface area contributed by atoms with Crippen LogP contribution in [0.2, 0.25) is 0 Å². The molecule has 2 aliphatic heterocycles. The number of aliphatic hydroxyl groups is 1. The Kier molecular flexibility index (Phi) is 8.51. The molecule has 8 nitrogen and oxygen atoms in total. The molecule has 4 rings (SSSR count). The molecule has 0 radical (unpaired) electrons. The summed E-state index contributed by atoms with van der Waals surface area (Å²) < 4.78 is 3.91. The van der Waals surface area contributed by atoms with Crippen molar-refractivity contribution in [1.29, 1.82) is 0 Å². The summed E-state index contributed by atoms with van der Waals surface area (Å²) in [5.74, 6) is 1.05. The number of rotatable bonds is 5. The average molecular weight is 445 g/mol. The Morgan fingerprint density at radius 3 is 2.72 bits per heavy atom. The zero-order valence-corrected chi connectivity index (χ0v) is 18.3. The Morgan fingerprint density at radius 2 is 2.07 bits per heavy atom. The average Bonchev–Trinajstić information content (AvgIpc) is 3.31. The summed E-state index contributed by atoms with van der Waals surface area (Å²) >= 11 is 0. The first-order valence-electron chi connectivity index (χ1n) is 9.81. The van der Waals surface area contributed by atoms with Gasteiger partial charge in [0.1, 0.15) is 11.9 Å². The molecule has 1 saturated heterocycles. The molecule has 10 heteroatoms. The van der Waals surface area contributed by atoms with Gasteiger partial charge in [-0.25, -0.2) is 4.98 Å². The molecule has 1 fully saturated rings. The molecule has 0 aromatic carbocycles. The highest BCUT2D eigenvalue weighted by atomic mass is 35.5. The minimum Gasteiger partial charge on any atom is -0.385 e. The second-order valence-electron chi connectivity index (χ2n) is 7.59. The van der Waals surface area contributed by atoms with E-state index in [1.807, 2.05) is 27.4 Å². The van der Waals surface area contributed by atoms with Gasteiger partial charge in [0.05, 0.1) is 17.9 Å². The Balaban J connectivity index is 0.00000150. The van der Waals surface area contributed by atoms with Gasteiger partial charge < -0.3 is 19.9 Å². The van der Waals surface area contributed by atoms with Crippen LogP contribution in [-0.2, 0) is 31.4 Å². The number of carbonyl (C=O) groups excluding carboxylic acids is 1. The molecular formula is C19H30Cl2N6O2. The number of hydrogen-bond donors (Lipinski definition) is 2.